The number of rotatable bonds is 10. The van der Waals surface area contributed by atoms with Crippen LogP contribution >= 0.6 is 0 Å². The smallest absolute Gasteiger partial charge is 0.272 e. The fourth-order valence-corrected chi connectivity index (χ4v) is 4.05. The number of hydrogen-bond donors (Lipinski definition) is 5. The van der Waals surface area contributed by atoms with Gasteiger partial charge in [-0.05, 0) is 47.8 Å². The van der Waals surface area contributed by atoms with Crippen LogP contribution in [0.25, 0.3) is 0 Å². The Kier molecular flexibility index (Phi) is 7.58. The zero-order valence-electron chi connectivity index (χ0n) is 16.6. The molecule has 0 saturated heterocycles. The van der Waals surface area contributed by atoms with Crippen molar-refractivity contribution < 1.29 is 22.4 Å². The van der Waals surface area contributed by atoms with Crippen LogP contribution in [0.15, 0.2) is 40.3 Å². The highest BCUT2D eigenvalue weighted by Crippen LogP contribution is 2.26. The lowest BCUT2D eigenvalue weighted by atomic mass is 9.94. The topological polar surface area (TPSA) is 196 Å². The molecule has 1 heterocycles. The van der Waals surface area contributed by atoms with Gasteiger partial charge in [0.1, 0.15) is 18.1 Å². The predicted molar refractivity (Wildman–Crippen MR) is 113 cm³/mol. The first-order valence-corrected chi connectivity index (χ1v) is 10.6. The first kappa shape index (κ1) is 23.7. The largest absolute Gasteiger partial charge is 0.393 e. The van der Waals surface area contributed by atoms with Gasteiger partial charge in [-0.1, -0.05) is 12.1 Å². The minimum Gasteiger partial charge on any atom is -0.393 e. The molecule has 31 heavy (non-hydrogen) atoms. The molecule has 13 heteroatoms. The highest BCUT2D eigenvalue weighted by Gasteiger charge is 2.26. The molecule has 8 N–H and O–H groups in total. The number of anilines is 1. The van der Waals surface area contributed by atoms with E-state index in [4.69, 9.17) is 22.0 Å². The summed E-state index contributed by atoms with van der Waals surface area (Å²) in [6.07, 6.45) is -0.0261. The van der Waals surface area contributed by atoms with Crippen molar-refractivity contribution in [3.05, 3.63) is 63.3 Å². The van der Waals surface area contributed by atoms with Crippen LogP contribution in [0, 0.1) is 12.7 Å². The average molecular weight is 454 g/mol. The molecule has 11 nitrogen and oxygen atoms in total. The van der Waals surface area contributed by atoms with Gasteiger partial charge in [0.05, 0.1) is 11.7 Å². The van der Waals surface area contributed by atoms with E-state index < -0.39 is 39.0 Å². The number of oxime groups is 1. The van der Waals surface area contributed by atoms with Crippen molar-refractivity contribution in [3.8, 4) is 0 Å². The number of aromatic amines is 1. The van der Waals surface area contributed by atoms with Crippen molar-refractivity contribution in [2.45, 2.75) is 25.0 Å². The second kappa shape index (κ2) is 9.93. The Bertz CT molecular complexity index is 1130. The number of aryl methyl sites for hydroxylation is 1. The Morgan fingerprint density at radius 1 is 1.26 bits per heavy atom. The number of sulfonamides is 1. The molecule has 0 fully saturated rings. The van der Waals surface area contributed by atoms with Gasteiger partial charge < -0.3 is 27.0 Å². The van der Waals surface area contributed by atoms with Crippen LogP contribution < -0.4 is 27.5 Å². The molecule has 2 rings (SSSR count). The average Bonchev–Trinajstić information content (AvgIpc) is 2.65. The molecule has 0 aliphatic carbocycles. The molecule has 0 aliphatic rings. The van der Waals surface area contributed by atoms with Gasteiger partial charge in [0, 0.05) is 5.69 Å². The maximum absolute atomic E-state index is 13.1. The number of nitrogens with one attached hydrogen (secondary N) is 2. The highest BCUT2D eigenvalue weighted by molar-refractivity contribution is 7.91. The van der Waals surface area contributed by atoms with Gasteiger partial charge in [0.15, 0.2) is 0 Å². The number of carbonyl (C=O) groups is 1. The van der Waals surface area contributed by atoms with Crippen LogP contribution in [0.2, 0.25) is 0 Å². The van der Waals surface area contributed by atoms with E-state index in [2.05, 4.69) is 14.9 Å². The number of primary amides is 1. The number of benzene rings is 1. The number of carbonyl (C=O) groups excluding carboxylic acids is 1. The number of aromatic nitrogens is 1. The van der Waals surface area contributed by atoms with Gasteiger partial charge >= 0.3 is 0 Å². The zero-order valence-corrected chi connectivity index (χ0v) is 17.4. The Labute approximate surface area is 177 Å². The monoisotopic (exact) mass is 454 g/mol. The van der Waals surface area contributed by atoms with Gasteiger partial charge in [-0.25, -0.2) is 12.8 Å². The zero-order chi connectivity index (χ0) is 23.2. The Morgan fingerprint density at radius 2 is 1.90 bits per heavy atom. The van der Waals surface area contributed by atoms with E-state index in [1.54, 1.807) is 6.92 Å². The van der Waals surface area contributed by atoms with Crippen molar-refractivity contribution >= 4 is 27.6 Å². The van der Waals surface area contributed by atoms with E-state index in [0.29, 0.717) is 11.3 Å². The van der Waals surface area contributed by atoms with Crippen molar-refractivity contribution in [2.24, 2.45) is 22.4 Å². The number of amides is 1. The molecule has 1 atom stereocenters. The lowest BCUT2D eigenvalue weighted by Crippen LogP contribution is -2.29. The third-order valence-corrected chi connectivity index (χ3v) is 5.34. The van der Waals surface area contributed by atoms with Crippen molar-refractivity contribution in [1.82, 2.24) is 4.98 Å². The summed E-state index contributed by atoms with van der Waals surface area (Å²) in [6, 6.07) is 6.29. The maximum Gasteiger partial charge on any atom is 0.272 e. The molecule has 1 aromatic carbocycles. The molecule has 168 valence electrons. The van der Waals surface area contributed by atoms with Crippen LogP contribution in [0.5, 0.6) is 0 Å². The number of nitrogens with zero attached hydrogens (tertiary/aromatic N) is 1. The van der Waals surface area contributed by atoms with E-state index in [9.17, 15) is 22.4 Å². The van der Waals surface area contributed by atoms with Gasteiger partial charge in [-0.2, -0.15) is 0 Å². The van der Waals surface area contributed by atoms with E-state index >= 15 is 0 Å². The van der Waals surface area contributed by atoms with E-state index in [-0.39, 0.29) is 30.2 Å². The third kappa shape index (κ3) is 6.99. The van der Waals surface area contributed by atoms with Gasteiger partial charge in [-0.15, -0.1) is 0 Å². The molecule has 0 spiro atoms. The summed E-state index contributed by atoms with van der Waals surface area (Å²) in [5, 5.41) is 3.33. The molecule has 1 amide bonds. The predicted octanol–water partition coefficient (Wildman–Crippen LogP) is -0.0717. The van der Waals surface area contributed by atoms with E-state index in [1.807, 2.05) is 0 Å². The van der Waals surface area contributed by atoms with Crippen LogP contribution in [-0.2, 0) is 25.4 Å². The minimum absolute atomic E-state index is 0.0261. The summed E-state index contributed by atoms with van der Waals surface area (Å²) in [7, 11) is -4.08. The molecule has 1 unspecified atom stereocenters. The summed E-state index contributed by atoms with van der Waals surface area (Å²) in [5.41, 5.74) is 15.4. The van der Waals surface area contributed by atoms with Gasteiger partial charge in [0.2, 0.25) is 21.9 Å². The molecule has 1 aromatic heterocycles. The van der Waals surface area contributed by atoms with Crippen LogP contribution in [0.1, 0.15) is 29.2 Å². The highest BCUT2D eigenvalue weighted by atomic mass is 32.2. The fourth-order valence-electron chi connectivity index (χ4n) is 2.83. The first-order chi connectivity index (χ1) is 14.5. The summed E-state index contributed by atoms with van der Waals surface area (Å²) < 4.78 is 40.5. The van der Waals surface area contributed by atoms with E-state index in [1.165, 1.54) is 18.2 Å². The normalized spacial score (nSPS) is 12.1. The lowest BCUT2D eigenvalue weighted by molar-refractivity contribution is -0.119. The van der Waals surface area contributed by atoms with Crippen LogP contribution in [-0.4, -0.2) is 31.9 Å². The summed E-state index contributed by atoms with van der Waals surface area (Å²) >= 11 is 0. The molecular formula is C18H23FN6O5S. The molecule has 0 radical (unpaired) electrons. The number of nitrogens with two attached hydrogens (primary N) is 3. The number of H-pyrrole nitrogens is 1. The van der Waals surface area contributed by atoms with Crippen LogP contribution in [0.4, 0.5) is 10.1 Å². The van der Waals surface area contributed by atoms with E-state index in [0.717, 1.165) is 12.1 Å². The quantitative estimate of drug-likeness (QED) is 0.143. The Hall–Kier alpha value is -3.61. The maximum atomic E-state index is 13.1. The molecule has 0 bridgehead atoms. The number of halogens is 1. The summed E-state index contributed by atoms with van der Waals surface area (Å²) in [4.78, 5) is 31.9. The number of guanidine groups is 1. The Balaban J connectivity index is 2.36. The standard InChI is InChI=1S/C18H23FN6O5S/c1-10-8-14(13(16(20)26)6-7-30-24-18(21)22)15(17(27)23-10)25-31(28,29)9-11-2-4-12(19)5-3-11/h2-5,8,13,25H,6-7,9H2,1H3,(H2,20,26)(H,23,27)(H4,21,22,24). The lowest BCUT2D eigenvalue weighted by Gasteiger charge is -2.18. The van der Waals surface area contributed by atoms with Crippen molar-refractivity contribution in [3.63, 3.8) is 0 Å². The first-order valence-electron chi connectivity index (χ1n) is 8.97. The van der Waals surface area contributed by atoms with Gasteiger partial charge in [0.25, 0.3) is 5.56 Å². The van der Waals surface area contributed by atoms with Crippen LogP contribution in [0.3, 0.4) is 0 Å². The molecular weight excluding hydrogens is 431 g/mol. The van der Waals surface area contributed by atoms with Gasteiger partial charge in [-0.3, -0.25) is 14.3 Å². The fraction of sp³-hybridized carbons (Fsp3) is 0.278. The van der Waals surface area contributed by atoms with Crippen molar-refractivity contribution in [2.75, 3.05) is 11.3 Å². The molecule has 2 aromatic rings. The molecule has 0 aliphatic heterocycles. The minimum atomic E-state index is -4.08. The number of hydrogen-bond acceptors (Lipinski definition) is 6. The summed E-state index contributed by atoms with van der Waals surface area (Å²) in [6.45, 7) is 1.44. The number of pyridine rings is 1. The third-order valence-electron chi connectivity index (χ3n) is 4.11. The molecule has 0 saturated carbocycles. The second-order valence-corrected chi connectivity index (χ2v) is 8.41. The second-order valence-electron chi connectivity index (χ2n) is 6.69. The van der Waals surface area contributed by atoms with Crippen molar-refractivity contribution in [1.29, 1.82) is 0 Å². The Morgan fingerprint density at radius 3 is 2.48 bits per heavy atom. The SMILES string of the molecule is Cc1cc(C(CCON=C(N)N)C(N)=O)c(NS(=O)(=O)Cc2ccc(F)cc2)c(=O)[nH]1. The summed E-state index contributed by atoms with van der Waals surface area (Å²) in [5.74, 6) is -3.24.